The standard InChI is InChI=1S/C25H21BrN2O5S/c1-3-32-22(29)14-33-23-18(26)11-15(12-20(23)31-2)13-21-24(30)28-25(34-21)27-19-10-6-8-16-7-4-5-9-17(16)19/h4-13H,3,14H2,1-2H3,(H,27,28,30)/b21-13+. The van der Waals surface area contributed by atoms with E-state index in [0.717, 1.165) is 22.0 Å². The minimum absolute atomic E-state index is 0.235. The minimum atomic E-state index is -0.473. The van der Waals surface area contributed by atoms with Crippen LogP contribution >= 0.6 is 27.7 Å². The lowest BCUT2D eigenvalue weighted by Crippen LogP contribution is -2.19. The van der Waals surface area contributed by atoms with Gasteiger partial charge < -0.3 is 19.5 Å². The SMILES string of the molecule is CCOC(=O)COc1c(Br)cc(/C=C2/SC(=Nc3cccc4ccccc34)NC2=O)cc1OC. The number of aliphatic imine (C=N–C) groups is 1. The summed E-state index contributed by atoms with van der Waals surface area (Å²) in [6.07, 6.45) is 1.74. The quantitative estimate of drug-likeness (QED) is 0.317. The summed E-state index contributed by atoms with van der Waals surface area (Å²) < 4.78 is 16.5. The zero-order valence-corrected chi connectivity index (χ0v) is 20.9. The summed E-state index contributed by atoms with van der Waals surface area (Å²) in [5, 5.41) is 5.42. The van der Waals surface area contributed by atoms with Crippen molar-refractivity contribution in [2.75, 3.05) is 20.3 Å². The van der Waals surface area contributed by atoms with Gasteiger partial charge in [0.2, 0.25) is 0 Å². The second-order valence-electron chi connectivity index (χ2n) is 7.11. The van der Waals surface area contributed by atoms with E-state index in [1.54, 1.807) is 25.1 Å². The molecule has 1 amide bonds. The van der Waals surface area contributed by atoms with Crippen molar-refractivity contribution >= 4 is 67.3 Å². The monoisotopic (exact) mass is 540 g/mol. The topological polar surface area (TPSA) is 86.2 Å². The van der Waals surface area contributed by atoms with Crippen molar-refractivity contribution < 1.29 is 23.8 Å². The number of hydrogen-bond acceptors (Lipinski definition) is 7. The lowest BCUT2D eigenvalue weighted by molar-refractivity contribution is -0.145. The molecule has 1 N–H and O–H groups in total. The number of ether oxygens (including phenoxy) is 3. The second kappa shape index (κ2) is 10.8. The van der Waals surface area contributed by atoms with Crippen molar-refractivity contribution in [1.29, 1.82) is 0 Å². The molecule has 3 aromatic rings. The molecular formula is C25H21BrN2O5S. The number of fused-ring (bicyclic) bond motifs is 1. The van der Waals surface area contributed by atoms with Gasteiger partial charge in [-0.2, -0.15) is 0 Å². The number of benzene rings is 3. The van der Waals surface area contributed by atoms with Crippen LogP contribution < -0.4 is 14.8 Å². The molecule has 1 fully saturated rings. The molecule has 0 bridgehead atoms. The maximum absolute atomic E-state index is 12.6. The molecule has 0 saturated carbocycles. The Morgan fingerprint density at radius 2 is 1.97 bits per heavy atom. The highest BCUT2D eigenvalue weighted by Crippen LogP contribution is 2.38. The molecule has 0 unspecified atom stereocenters. The zero-order chi connectivity index (χ0) is 24.1. The molecule has 0 atom stereocenters. The van der Waals surface area contributed by atoms with Crippen molar-refractivity contribution in [3.63, 3.8) is 0 Å². The molecule has 1 aliphatic rings. The summed E-state index contributed by atoms with van der Waals surface area (Å²) in [5.41, 5.74) is 1.51. The van der Waals surface area contributed by atoms with Crippen LogP contribution in [0.15, 0.2) is 69.0 Å². The van der Waals surface area contributed by atoms with E-state index in [2.05, 4.69) is 26.2 Å². The summed E-state index contributed by atoms with van der Waals surface area (Å²) in [6.45, 7) is 1.76. The van der Waals surface area contributed by atoms with Gasteiger partial charge in [-0.25, -0.2) is 9.79 Å². The number of rotatable bonds is 7. The van der Waals surface area contributed by atoms with Crippen LogP contribution in [-0.4, -0.2) is 37.4 Å². The Morgan fingerprint density at radius 1 is 1.18 bits per heavy atom. The molecule has 1 saturated heterocycles. The van der Waals surface area contributed by atoms with Crippen LogP contribution in [0.3, 0.4) is 0 Å². The van der Waals surface area contributed by atoms with Crippen molar-refractivity contribution in [2.45, 2.75) is 6.92 Å². The van der Waals surface area contributed by atoms with E-state index in [1.807, 2.05) is 42.5 Å². The third-order valence-corrected chi connectivity index (χ3v) is 6.33. The average molecular weight is 541 g/mol. The maximum Gasteiger partial charge on any atom is 0.344 e. The molecule has 0 aliphatic carbocycles. The second-order valence-corrected chi connectivity index (χ2v) is 8.99. The summed E-state index contributed by atoms with van der Waals surface area (Å²) in [4.78, 5) is 29.4. The third kappa shape index (κ3) is 5.43. The van der Waals surface area contributed by atoms with E-state index in [1.165, 1.54) is 18.9 Å². The first-order chi connectivity index (χ1) is 16.5. The van der Waals surface area contributed by atoms with Crippen LogP contribution in [-0.2, 0) is 14.3 Å². The predicted molar refractivity (Wildman–Crippen MR) is 138 cm³/mol. The molecule has 0 spiro atoms. The van der Waals surface area contributed by atoms with Gasteiger partial charge in [0.25, 0.3) is 5.91 Å². The number of carbonyl (C=O) groups excluding carboxylic acids is 2. The molecule has 9 heteroatoms. The number of thioether (sulfide) groups is 1. The smallest absolute Gasteiger partial charge is 0.344 e. The summed E-state index contributed by atoms with van der Waals surface area (Å²) in [5.74, 6) is 0.0828. The zero-order valence-electron chi connectivity index (χ0n) is 18.5. The fraction of sp³-hybridized carbons (Fsp3) is 0.160. The Morgan fingerprint density at radius 3 is 2.76 bits per heavy atom. The first kappa shape index (κ1) is 23.8. The van der Waals surface area contributed by atoms with Crippen molar-refractivity contribution in [1.82, 2.24) is 5.32 Å². The highest BCUT2D eigenvalue weighted by atomic mass is 79.9. The average Bonchev–Trinajstić information content (AvgIpc) is 3.16. The van der Waals surface area contributed by atoms with E-state index in [4.69, 9.17) is 14.2 Å². The Balaban J connectivity index is 1.57. The number of halogens is 1. The number of nitrogens with one attached hydrogen (secondary N) is 1. The molecule has 7 nitrogen and oxygen atoms in total. The fourth-order valence-electron chi connectivity index (χ4n) is 3.34. The number of amides is 1. The van der Waals surface area contributed by atoms with Gasteiger partial charge >= 0.3 is 5.97 Å². The van der Waals surface area contributed by atoms with Gasteiger partial charge in [-0.15, -0.1) is 0 Å². The van der Waals surface area contributed by atoms with Gasteiger partial charge in [-0.1, -0.05) is 36.4 Å². The van der Waals surface area contributed by atoms with E-state index in [0.29, 0.717) is 26.0 Å². The van der Waals surface area contributed by atoms with Crippen LogP contribution in [0.2, 0.25) is 0 Å². The Hall–Kier alpha value is -3.30. The summed E-state index contributed by atoms with van der Waals surface area (Å²) >= 11 is 4.72. The van der Waals surface area contributed by atoms with Crippen LogP contribution in [0.5, 0.6) is 11.5 Å². The summed E-state index contributed by atoms with van der Waals surface area (Å²) in [6, 6.07) is 17.4. The van der Waals surface area contributed by atoms with E-state index < -0.39 is 5.97 Å². The van der Waals surface area contributed by atoms with E-state index in [9.17, 15) is 9.59 Å². The summed E-state index contributed by atoms with van der Waals surface area (Å²) in [7, 11) is 1.50. The molecular weight excluding hydrogens is 520 g/mol. The molecule has 3 aromatic carbocycles. The molecule has 34 heavy (non-hydrogen) atoms. The first-order valence-corrected chi connectivity index (χ1v) is 12.0. The molecule has 1 aliphatic heterocycles. The lowest BCUT2D eigenvalue weighted by Gasteiger charge is -2.13. The number of esters is 1. The largest absolute Gasteiger partial charge is 0.493 e. The van der Waals surface area contributed by atoms with Crippen LogP contribution in [0.1, 0.15) is 12.5 Å². The lowest BCUT2D eigenvalue weighted by atomic mass is 10.1. The number of hydrogen-bond donors (Lipinski definition) is 1. The first-order valence-electron chi connectivity index (χ1n) is 10.4. The Labute approximate surface area is 209 Å². The van der Waals surface area contributed by atoms with Crippen LogP contribution in [0.25, 0.3) is 16.8 Å². The van der Waals surface area contributed by atoms with Gasteiger partial charge in [0, 0.05) is 5.39 Å². The number of methoxy groups -OCH3 is 1. The van der Waals surface area contributed by atoms with E-state index >= 15 is 0 Å². The maximum atomic E-state index is 12.6. The molecule has 1 heterocycles. The van der Waals surface area contributed by atoms with Crippen molar-refractivity contribution in [3.8, 4) is 11.5 Å². The van der Waals surface area contributed by atoms with Crippen LogP contribution in [0.4, 0.5) is 5.69 Å². The van der Waals surface area contributed by atoms with Crippen molar-refractivity contribution in [2.24, 2.45) is 4.99 Å². The molecule has 4 rings (SSSR count). The molecule has 0 radical (unpaired) electrons. The van der Waals surface area contributed by atoms with Crippen molar-refractivity contribution in [3.05, 3.63) is 69.5 Å². The molecule has 0 aromatic heterocycles. The van der Waals surface area contributed by atoms with Gasteiger partial charge in [-0.3, -0.25) is 4.79 Å². The fourth-order valence-corrected chi connectivity index (χ4v) is 4.75. The van der Waals surface area contributed by atoms with Gasteiger partial charge in [-0.05, 0) is 69.8 Å². The third-order valence-electron chi connectivity index (χ3n) is 4.83. The van der Waals surface area contributed by atoms with Gasteiger partial charge in [0.15, 0.2) is 23.3 Å². The normalized spacial score (nSPS) is 15.6. The number of carbonyl (C=O) groups is 2. The predicted octanol–water partition coefficient (Wildman–Crippen LogP) is 5.44. The van der Waals surface area contributed by atoms with Gasteiger partial charge in [0.05, 0.1) is 28.8 Å². The molecule has 174 valence electrons. The number of nitrogens with zero attached hydrogens (tertiary/aromatic N) is 1. The van der Waals surface area contributed by atoms with E-state index in [-0.39, 0.29) is 19.1 Å². The van der Waals surface area contributed by atoms with Gasteiger partial charge in [0.1, 0.15) is 0 Å². The van der Waals surface area contributed by atoms with Crippen LogP contribution in [0, 0.1) is 0 Å². The Bertz CT molecular complexity index is 1320. The number of amidine groups is 1. The highest BCUT2D eigenvalue weighted by molar-refractivity contribution is 9.10. The Kier molecular flexibility index (Phi) is 7.54. The highest BCUT2D eigenvalue weighted by Gasteiger charge is 2.24. The minimum Gasteiger partial charge on any atom is -0.493 e.